The van der Waals surface area contributed by atoms with E-state index in [9.17, 15) is 22.0 Å². The Balaban J connectivity index is 1.91. The minimum Gasteiger partial charge on any atom is -0.462 e. The van der Waals surface area contributed by atoms with Gasteiger partial charge in [-0.3, -0.25) is 9.38 Å². The molecule has 0 saturated carbocycles. The summed E-state index contributed by atoms with van der Waals surface area (Å²) in [5.41, 5.74) is -1.82. The highest BCUT2D eigenvalue weighted by Gasteiger charge is 2.50. The molecular weight excluding hydrogens is 397 g/mol. The monoisotopic (exact) mass is 407 g/mol. The van der Waals surface area contributed by atoms with E-state index < -0.39 is 23.0 Å². The molecule has 0 atom stereocenters. The van der Waals surface area contributed by atoms with Crippen molar-refractivity contribution in [3.8, 4) is 17.1 Å². The lowest BCUT2D eigenvalue weighted by molar-refractivity contribution is -0.235. The summed E-state index contributed by atoms with van der Waals surface area (Å²) in [6, 6.07) is 2.61. The Bertz CT molecular complexity index is 965. The molecule has 0 aliphatic heterocycles. The maximum absolute atomic E-state index is 13.4. The Morgan fingerprint density at radius 1 is 1.00 bits per heavy atom. The third-order valence-electron chi connectivity index (χ3n) is 3.62. The number of nitrogens with zero attached hydrogens (tertiary/aromatic N) is 5. The van der Waals surface area contributed by atoms with Crippen LogP contribution in [-0.2, 0) is 5.38 Å². The summed E-state index contributed by atoms with van der Waals surface area (Å²) in [5, 5.41) is 3.13. The highest BCUT2D eigenvalue weighted by molar-refractivity contribution is 6.21. The summed E-state index contributed by atoms with van der Waals surface area (Å²) in [5.74, 6) is -1.04. The van der Waals surface area contributed by atoms with Crippen LogP contribution < -0.4 is 4.74 Å². The van der Waals surface area contributed by atoms with Crippen molar-refractivity contribution in [1.29, 1.82) is 0 Å². The summed E-state index contributed by atoms with van der Waals surface area (Å²) >= 11 is 5.00. The quantitative estimate of drug-likeness (QED) is 0.479. The van der Waals surface area contributed by atoms with Gasteiger partial charge in [-0.05, 0) is 31.5 Å². The van der Waals surface area contributed by atoms with Gasteiger partial charge in [0.25, 0.3) is 0 Å². The van der Waals surface area contributed by atoms with Crippen molar-refractivity contribution < 1.29 is 26.7 Å². The topological polar surface area (TPSA) is 65.2 Å². The van der Waals surface area contributed by atoms with E-state index in [0.717, 1.165) is 18.2 Å². The molecule has 3 rings (SSSR count). The Kier molecular flexibility index (Phi) is 4.45. The third kappa shape index (κ3) is 3.77. The minimum atomic E-state index is -4.59. The zero-order chi connectivity index (χ0) is 20.0. The van der Waals surface area contributed by atoms with Crippen LogP contribution in [0.2, 0.25) is 0 Å². The molecule has 0 spiro atoms. The molecule has 27 heavy (non-hydrogen) atoms. The second-order valence-electron chi connectivity index (χ2n) is 6.02. The minimum absolute atomic E-state index is 0.0499. The molecule has 0 unspecified atom stereocenters. The number of ether oxygens (including phenoxy) is 1. The van der Waals surface area contributed by atoms with Crippen LogP contribution in [0, 0.1) is 0 Å². The normalized spacial score (nSPS) is 13.2. The van der Waals surface area contributed by atoms with Gasteiger partial charge >= 0.3 is 11.6 Å². The van der Waals surface area contributed by atoms with Gasteiger partial charge in [0.1, 0.15) is 0 Å². The molecular formula is C15H11ClF5N5O. The molecule has 3 aromatic rings. The number of hydrogen-bond acceptors (Lipinski definition) is 5. The van der Waals surface area contributed by atoms with E-state index in [4.69, 9.17) is 16.3 Å². The molecule has 0 saturated heterocycles. The third-order valence-corrected chi connectivity index (χ3v) is 3.79. The van der Waals surface area contributed by atoms with Crippen molar-refractivity contribution in [3.05, 3.63) is 36.5 Å². The van der Waals surface area contributed by atoms with Gasteiger partial charge in [-0.25, -0.2) is 4.98 Å². The summed E-state index contributed by atoms with van der Waals surface area (Å²) in [4.78, 5) is 7.86. The van der Waals surface area contributed by atoms with Gasteiger partial charge in [-0.15, -0.1) is 10.2 Å². The fourth-order valence-corrected chi connectivity index (χ4v) is 2.18. The highest BCUT2D eigenvalue weighted by Crippen LogP contribution is 2.34. The first-order valence-corrected chi connectivity index (χ1v) is 7.76. The van der Waals surface area contributed by atoms with E-state index in [1.807, 2.05) is 0 Å². The zero-order valence-corrected chi connectivity index (χ0v) is 14.6. The van der Waals surface area contributed by atoms with Crippen LogP contribution in [0.15, 0.2) is 30.7 Å². The Morgan fingerprint density at radius 3 is 2.26 bits per heavy atom. The number of aromatic nitrogens is 5. The average Bonchev–Trinajstić information content (AvgIpc) is 2.97. The second kappa shape index (κ2) is 6.25. The zero-order valence-electron chi connectivity index (χ0n) is 13.8. The van der Waals surface area contributed by atoms with Crippen molar-refractivity contribution in [2.24, 2.45) is 0 Å². The molecule has 0 aromatic carbocycles. The van der Waals surface area contributed by atoms with Crippen LogP contribution in [0.1, 0.15) is 19.7 Å². The SMILES string of the molecule is CC(C)(Oc1ccc(-c2cn3c(C(F)(F)Cl)nnc3cn2)cn1)C(F)(F)F. The smallest absolute Gasteiger partial charge is 0.427 e. The maximum atomic E-state index is 13.4. The number of halogens is 6. The maximum Gasteiger partial charge on any atom is 0.427 e. The molecule has 3 aromatic heterocycles. The average molecular weight is 408 g/mol. The number of rotatable bonds is 4. The van der Waals surface area contributed by atoms with Crippen molar-refractivity contribution in [1.82, 2.24) is 24.6 Å². The van der Waals surface area contributed by atoms with E-state index in [0.29, 0.717) is 5.56 Å². The number of pyridine rings is 1. The predicted molar refractivity (Wildman–Crippen MR) is 84.5 cm³/mol. The number of fused-ring (bicyclic) bond motifs is 1. The first-order chi connectivity index (χ1) is 12.4. The first kappa shape index (κ1) is 19.2. The van der Waals surface area contributed by atoms with Crippen LogP contribution in [-0.4, -0.2) is 36.3 Å². The van der Waals surface area contributed by atoms with Crippen LogP contribution in [0.25, 0.3) is 16.9 Å². The lowest BCUT2D eigenvalue weighted by Gasteiger charge is -2.28. The van der Waals surface area contributed by atoms with Gasteiger partial charge in [0.2, 0.25) is 11.7 Å². The molecule has 3 heterocycles. The van der Waals surface area contributed by atoms with Crippen LogP contribution in [0.5, 0.6) is 5.88 Å². The number of hydrogen-bond donors (Lipinski definition) is 0. The molecule has 12 heteroatoms. The Labute approximate surface area is 154 Å². The van der Waals surface area contributed by atoms with E-state index in [-0.39, 0.29) is 17.2 Å². The van der Waals surface area contributed by atoms with Crippen LogP contribution >= 0.6 is 11.6 Å². The molecule has 0 aliphatic carbocycles. The fraction of sp³-hybridized carbons (Fsp3) is 0.333. The molecule has 0 bridgehead atoms. The fourth-order valence-electron chi connectivity index (χ4n) is 2.06. The van der Waals surface area contributed by atoms with Gasteiger partial charge in [0, 0.05) is 24.0 Å². The van der Waals surface area contributed by atoms with Crippen LogP contribution in [0.3, 0.4) is 0 Å². The largest absolute Gasteiger partial charge is 0.462 e. The first-order valence-electron chi connectivity index (χ1n) is 7.39. The standard InChI is InChI=1S/C15H11ClF5N5O/c1-13(2,15(19,20)21)27-11-4-3-8(5-23-11)9-7-26-10(6-22-9)24-25-12(26)14(16,17)18/h3-7H,1-2H3. The van der Waals surface area contributed by atoms with Gasteiger partial charge in [-0.2, -0.15) is 22.0 Å². The highest BCUT2D eigenvalue weighted by atomic mass is 35.5. The lowest BCUT2D eigenvalue weighted by atomic mass is 10.1. The molecule has 144 valence electrons. The van der Waals surface area contributed by atoms with Crippen molar-refractivity contribution >= 4 is 17.2 Å². The molecule has 0 radical (unpaired) electrons. The van der Waals surface area contributed by atoms with Gasteiger partial charge in [0.05, 0.1) is 11.9 Å². The second-order valence-corrected chi connectivity index (χ2v) is 6.49. The molecule has 0 fully saturated rings. The lowest BCUT2D eigenvalue weighted by Crippen LogP contribution is -2.44. The van der Waals surface area contributed by atoms with Crippen molar-refractivity contribution in [2.45, 2.75) is 31.0 Å². The van der Waals surface area contributed by atoms with E-state index in [1.165, 1.54) is 30.7 Å². The summed E-state index contributed by atoms with van der Waals surface area (Å²) in [6.07, 6.45) is -0.958. The Hall–Kier alpha value is -2.56. The van der Waals surface area contributed by atoms with Gasteiger partial charge in [0.15, 0.2) is 11.2 Å². The molecule has 0 amide bonds. The molecule has 0 N–H and O–H groups in total. The summed E-state index contributed by atoms with van der Waals surface area (Å²) in [6.45, 7) is 1.75. The number of alkyl halides is 6. The van der Waals surface area contributed by atoms with Gasteiger partial charge in [-0.1, -0.05) is 0 Å². The van der Waals surface area contributed by atoms with E-state index >= 15 is 0 Å². The molecule has 0 aliphatic rings. The summed E-state index contributed by atoms with van der Waals surface area (Å²) in [7, 11) is 0. The van der Waals surface area contributed by atoms with Crippen molar-refractivity contribution in [2.75, 3.05) is 0 Å². The van der Waals surface area contributed by atoms with E-state index in [2.05, 4.69) is 20.2 Å². The van der Waals surface area contributed by atoms with Crippen LogP contribution in [0.4, 0.5) is 22.0 Å². The van der Waals surface area contributed by atoms with Crippen molar-refractivity contribution in [3.63, 3.8) is 0 Å². The predicted octanol–water partition coefficient (Wildman–Crippen LogP) is 4.19. The summed E-state index contributed by atoms with van der Waals surface area (Å²) < 4.78 is 71.2. The van der Waals surface area contributed by atoms with Gasteiger partial charge < -0.3 is 4.74 Å². The Morgan fingerprint density at radius 2 is 1.70 bits per heavy atom. The molecule has 6 nitrogen and oxygen atoms in total. The van der Waals surface area contributed by atoms with E-state index in [1.54, 1.807) is 0 Å².